The van der Waals surface area contributed by atoms with Crippen molar-refractivity contribution < 1.29 is 19.1 Å². The molecule has 1 aliphatic rings. The van der Waals surface area contributed by atoms with Gasteiger partial charge in [-0.05, 0) is 6.08 Å². The van der Waals surface area contributed by atoms with Crippen molar-refractivity contribution in [1.82, 2.24) is 0 Å². The molecule has 0 aromatic carbocycles. The van der Waals surface area contributed by atoms with Crippen LogP contribution in [0.2, 0.25) is 0 Å². The van der Waals surface area contributed by atoms with Crippen LogP contribution < -0.4 is 0 Å². The number of hydrogen-bond donors (Lipinski definition) is 2. The summed E-state index contributed by atoms with van der Waals surface area (Å²) in [5.41, 5.74) is 0. The molecular formula is C6H5BCl5FO3. The quantitative estimate of drug-likeness (QED) is 0.463. The Bertz CT molecular complexity index is 313. The van der Waals surface area contributed by atoms with Crippen molar-refractivity contribution in [1.29, 1.82) is 0 Å². The lowest BCUT2D eigenvalue weighted by molar-refractivity contribution is 0.0181. The van der Waals surface area contributed by atoms with Gasteiger partial charge in [-0.15, -0.1) is 11.6 Å². The van der Waals surface area contributed by atoms with Gasteiger partial charge < -0.3 is 14.7 Å². The van der Waals surface area contributed by atoms with Gasteiger partial charge in [0.1, 0.15) is 0 Å². The van der Waals surface area contributed by atoms with Crippen LogP contribution in [0.5, 0.6) is 0 Å². The van der Waals surface area contributed by atoms with E-state index >= 15 is 0 Å². The van der Waals surface area contributed by atoms with Crippen LogP contribution in [0.15, 0.2) is 12.2 Å². The molecule has 2 N–H and O–H groups in total. The highest BCUT2D eigenvalue weighted by molar-refractivity contribution is 6.58. The summed E-state index contributed by atoms with van der Waals surface area (Å²) in [7, 11) is -2.35. The second-order valence-corrected chi connectivity index (χ2v) is 5.99. The Labute approximate surface area is 116 Å². The van der Waals surface area contributed by atoms with Crippen LogP contribution in [0, 0.1) is 0 Å². The van der Waals surface area contributed by atoms with Crippen molar-refractivity contribution >= 4 is 65.3 Å². The van der Waals surface area contributed by atoms with Gasteiger partial charge in [0.15, 0.2) is 4.33 Å². The molecule has 16 heavy (non-hydrogen) atoms. The lowest BCUT2D eigenvalue weighted by Gasteiger charge is -2.45. The maximum atomic E-state index is 14.2. The summed E-state index contributed by atoms with van der Waals surface area (Å²) in [6, 6.07) is 0. The molecule has 0 spiro atoms. The Hall–Kier alpha value is 1.06. The van der Waals surface area contributed by atoms with Crippen molar-refractivity contribution in [2.45, 2.75) is 19.9 Å². The van der Waals surface area contributed by atoms with Gasteiger partial charge in [-0.1, -0.05) is 52.5 Å². The zero-order valence-corrected chi connectivity index (χ0v) is 11.2. The van der Waals surface area contributed by atoms with E-state index in [9.17, 15) is 4.39 Å². The molecule has 0 bridgehead atoms. The highest BCUT2D eigenvalue weighted by Gasteiger charge is 2.68. The smallest absolute Gasteiger partial charge is 0.402 e. The largest absolute Gasteiger partial charge is 0.635 e. The minimum absolute atomic E-state index is 0.904. The van der Waals surface area contributed by atoms with Crippen molar-refractivity contribution in [3.63, 3.8) is 0 Å². The number of halogens is 6. The molecule has 92 valence electrons. The zero-order chi connectivity index (χ0) is 12.8. The normalized spacial score (nSPS) is 42.1. The van der Waals surface area contributed by atoms with Crippen LogP contribution in [0.1, 0.15) is 0 Å². The SMILES string of the molecule is OB(O)OC1(Cl)C=CC(Cl)C(Cl)(Cl)C1(F)Cl. The summed E-state index contributed by atoms with van der Waals surface area (Å²) in [6.45, 7) is 0. The van der Waals surface area contributed by atoms with Crippen LogP contribution in [-0.4, -0.2) is 37.3 Å². The Morgan fingerprint density at radius 2 is 1.75 bits per heavy atom. The van der Waals surface area contributed by atoms with Crippen molar-refractivity contribution in [2.75, 3.05) is 0 Å². The van der Waals surface area contributed by atoms with Gasteiger partial charge in [-0.3, -0.25) is 0 Å². The zero-order valence-electron chi connectivity index (χ0n) is 7.38. The van der Waals surface area contributed by atoms with E-state index in [0.29, 0.717) is 0 Å². The standard InChI is InChI=1S/C6H5BCl5FO3/c8-3-1-2-4(9,16-7(14)15)6(12,13)5(3,10)11/h1-3,14-15H. The van der Waals surface area contributed by atoms with Gasteiger partial charge in [-0.25, -0.2) is 4.39 Å². The van der Waals surface area contributed by atoms with Crippen molar-refractivity contribution in [2.24, 2.45) is 0 Å². The lowest BCUT2D eigenvalue weighted by Crippen LogP contribution is -2.61. The molecule has 0 aromatic heterocycles. The number of alkyl halides is 6. The minimum Gasteiger partial charge on any atom is -0.402 e. The third kappa shape index (κ3) is 2.29. The molecule has 3 unspecified atom stereocenters. The summed E-state index contributed by atoms with van der Waals surface area (Å²) in [5.74, 6) is 0. The maximum absolute atomic E-state index is 14.2. The monoisotopic (exact) mass is 330 g/mol. The maximum Gasteiger partial charge on any atom is 0.635 e. The first kappa shape index (κ1) is 15.1. The van der Waals surface area contributed by atoms with Crippen LogP contribution in [0.25, 0.3) is 0 Å². The molecule has 3 atom stereocenters. The van der Waals surface area contributed by atoms with Crippen molar-refractivity contribution in [3.8, 4) is 0 Å². The fourth-order valence-electron chi connectivity index (χ4n) is 1.10. The van der Waals surface area contributed by atoms with E-state index in [-0.39, 0.29) is 0 Å². The molecule has 10 heteroatoms. The predicted octanol–water partition coefficient (Wildman–Crippen LogP) is 2.16. The predicted molar refractivity (Wildman–Crippen MR) is 62.8 cm³/mol. The summed E-state index contributed by atoms with van der Waals surface area (Å²) < 4.78 is 16.2. The van der Waals surface area contributed by atoms with E-state index in [1.54, 1.807) is 0 Å². The average Bonchev–Trinajstić information content (AvgIpc) is 2.10. The minimum atomic E-state index is -3.06. The Morgan fingerprint density at radius 3 is 2.19 bits per heavy atom. The first-order chi connectivity index (χ1) is 7.04. The molecule has 1 aliphatic carbocycles. The van der Waals surface area contributed by atoms with Crippen molar-refractivity contribution in [3.05, 3.63) is 12.2 Å². The number of rotatable bonds is 2. The topological polar surface area (TPSA) is 49.7 Å². The number of hydrogen-bond acceptors (Lipinski definition) is 3. The number of allylic oxidation sites excluding steroid dienone is 1. The average molecular weight is 332 g/mol. The van der Waals surface area contributed by atoms with E-state index in [0.717, 1.165) is 12.2 Å². The lowest BCUT2D eigenvalue weighted by atomic mass is 9.98. The molecule has 0 heterocycles. The van der Waals surface area contributed by atoms with E-state index in [1.165, 1.54) is 0 Å². The second-order valence-electron chi connectivity index (χ2n) is 3.05. The van der Waals surface area contributed by atoms with E-state index in [4.69, 9.17) is 68.1 Å². The first-order valence-electron chi connectivity index (χ1n) is 3.86. The Morgan fingerprint density at radius 1 is 1.25 bits per heavy atom. The molecule has 0 fully saturated rings. The Kier molecular flexibility index (Phi) is 4.38. The van der Waals surface area contributed by atoms with Crippen LogP contribution in [-0.2, 0) is 4.65 Å². The Balaban J connectivity index is 3.18. The van der Waals surface area contributed by atoms with E-state index in [1.807, 2.05) is 0 Å². The summed E-state index contributed by atoms with van der Waals surface area (Å²) >= 11 is 28.0. The van der Waals surface area contributed by atoms with Gasteiger partial charge in [0.05, 0.1) is 5.38 Å². The molecule has 1 rings (SSSR count). The van der Waals surface area contributed by atoms with Gasteiger partial charge >= 0.3 is 7.32 Å². The summed E-state index contributed by atoms with van der Waals surface area (Å²) in [5, 5.41) is 10.5. The van der Waals surface area contributed by atoms with Crippen LogP contribution >= 0.6 is 58.0 Å². The van der Waals surface area contributed by atoms with Crippen LogP contribution in [0.3, 0.4) is 0 Å². The molecule has 0 saturated carbocycles. The van der Waals surface area contributed by atoms with Gasteiger partial charge in [0.25, 0.3) is 5.13 Å². The fourth-order valence-corrected chi connectivity index (χ4v) is 2.43. The first-order valence-corrected chi connectivity index (χ1v) is 5.81. The summed E-state index contributed by atoms with van der Waals surface area (Å²) in [4.78, 5) is 0. The van der Waals surface area contributed by atoms with E-state index < -0.39 is 27.2 Å². The molecule has 0 aromatic rings. The molecule has 0 aliphatic heterocycles. The highest BCUT2D eigenvalue weighted by atomic mass is 35.5. The molecular weight excluding hydrogens is 327 g/mol. The third-order valence-electron chi connectivity index (χ3n) is 1.95. The van der Waals surface area contributed by atoms with Gasteiger partial charge in [-0.2, -0.15) is 0 Å². The molecule has 3 nitrogen and oxygen atoms in total. The van der Waals surface area contributed by atoms with Gasteiger partial charge in [0.2, 0.25) is 5.06 Å². The fraction of sp³-hybridized carbons (Fsp3) is 0.667. The molecule has 0 amide bonds. The molecule has 0 radical (unpaired) electrons. The van der Waals surface area contributed by atoms with Crippen LogP contribution in [0.4, 0.5) is 4.39 Å². The summed E-state index contributed by atoms with van der Waals surface area (Å²) in [6.07, 6.45) is 2.04. The second kappa shape index (κ2) is 4.63. The molecule has 0 saturated heterocycles. The third-order valence-corrected chi connectivity index (χ3v) is 4.98. The van der Waals surface area contributed by atoms with E-state index in [2.05, 4.69) is 4.65 Å². The van der Waals surface area contributed by atoms with Gasteiger partial charge in [0, 0.05) is 0 Å². The highest BCUT2D eigenvalue weighted by Crippen LogP contribution is 2.57.